The molecule has 0 saturated carbocycles. The van der Waals surface area contributed by atoms with E-state index in [1.807, 2.05) is 0 Å². The number of nitrogens with zero attached hydrogens (tertiary/aromatic N) is 1. The molecule has 0 aliphatic heterocycles. The zero-order valence-corrected chi connectivity index (χ0v) is 11.1. The van der Waals surface area contributed by atoms with Gasteiger partial charge in [-0.2, -0.15) is 4.31 Å². The van der Waals surface area contributed by atoms with Crippen LogP contribution in [-0.2, 0) is 15.8 Å². The molecule has 0 radical (unpaired) electrons. The second-order valence-electron chi connectivity index (χ2n) is 3.90. The van der Waals surface area contributed by atoms with Crippen molar-refractivity contribution in [3.63, 3.8) is 0 Å². The molecule has 0 unspecified atom stereocenters. The molecule has 0 fully saturated rings. The summed E-state index contributed by atoms with van der Waals surface area (Å²) in [7, 11) is -3.38. The first-order valence-corrected chi connectivity index (χ1v) is 7.14. The van der Waals surface area contributed by atoms with Gasteiger partial charge in [0.05, 0.1) is 5.75 Å². The van der Waals surface area contributed by atoms with Crippen LogP contribution in [0.25, 0.3) is 0 Å². The first-order chi connectivity index (χ1) is 8.49. The fraction of sp³-hybridized carbons (Fsp3) is 0.231. The molecule has 18 heavy (non-hydrogen) atoms. The lowest BCUT2D eigenvalue weighted by Crippen LogP contribution is -2.32. The fourth-order valence-electron chi connectivity index (χ4n) is 1.57. The minimum Gasteiger partial charge on any atom is -0.399 e. The Balaban J connectivity index is 2.91. The Morgan fingerprint density at radius 3 is 2.33 bits per heavy atom. The molecule has 0 aromatic heterocycles. The van der Waals surface area contributed by atoms with Crippen molar-refractivity contribution in [1.29, 1.82) is 0 Å². The van der Waals surface area contributed by atoms with Gasteiger partial charge in [0.25, 0.3) is 0 Å². The molecule has 1 aromatic carbocycles. The highest BCUT2D eigenvalue weighted by Gasteiger charge is 2.20. The Kier molecular flexibility index (Phi) is 5.12. The molecule has 98 valence electrons. The number of anilines is 1. The smallest absolute Gasteiger partial charge is 0.218 e. The van der Waals surface area contributed by atoms with Crippen molar-refractivity contribution in [2.75, 3.05) is 18.8 Å². The third-order valence-electron chi connectivity index (χ3n) is 2.36. The Hall–Kier alpha value is -1.59. The van der Waals surface area contributed by atoms with Crippen LogP contribution in [0.15, 0.2) is 49.6 Å². The van der Waals surface area contributed by atoms with Crippen LogP contribution in [0, 0.1) is 0 Å². The zero-order valence-electron chi connectivity index (χ0n) is 10.2. The third kappa shape index (κ3) is 4.01. The van der Waals surface area contributed by atoms with Gasteiger partial charge in [-0.1, -0.05) is 24.3 Å². The molecule has 1 aromatic rings. The SMILES string of the molecule is C=CCN(CC=C)S(=O)(=O)Cc1cccc(N)c1. The van der Waals surface area contributed by atoms with Crippen molar-refractivity contribution in [1.82, 2.24) is 4.31 Å². The number of hydrogen-bond donors (Lipinski definition) is 1. The Bertz CT molecular complexity index is 514. The van der Waals surface area contributed by atoms with Gasteiger partial charge < -0.3 is 5.73 Å². The molecule has 0 aliphatic rings. The van der Waals surface area contributed by atoms with Crippen molar-refractivity contribution in [2.45, 2.75) is 5.75 Å². The monoisotopic (exact) mass is 266 g/mol. The van der Waals surface area contributed by atoms with Crippen molar-refractivity contribution < 1.29 is 8.42 Å². The van der Waals surface area contributed by atoms with Gasteiger partial charge >= 0.3 is 0 Å². The number of benzene rings is 1. The van der Waals surface area contributed by atoms with E-state index in [9.17, 15) is 8.42 Å². The van der Waals surface area contributed by atoms with Crippen LogP contribution in [0.2, 0.25) is 0 Å². The molecule has 4 nitrogen and oxygen atoms in total. The standard InChI is InChI=1S/C13H18N2O2S/c1-3-8-15(9-4-2)18(16,17)11-12-6-5-7-13(14)10-12/h3-7,10H,1-2,8-9,11,14H2. The highest BCUT2D eigenvalue weighted by atomic mass is 32.2. The van der Waals surface area contributed by atoms with Crippen LogP contribution < -0.4 is 5.73 Å². The van der Waals surface area contributed by atoms with E-state index in [2.05, 4.69) is 13.2 Å². The molecular weight excluding hydrogens is 248 g/mol. The first-order valence-electron chi connectivity index (χ1n) is 5.53. The maximum absolute atomic E-state index is 12.2. The van der Waals surface area contributed by atoms with Crippen LogP contribution in [-0.4, -0.2) is 25.8 Å². The Morgan fingerprint density at radius 1 is 1.22 bits per heavy atom. The predicted octanol–water partition coefficient (Wildman–Crippen LogP) is 1.77. The summed E-state index contributed by atoms with van der Waals surface area (Å²) in [6, 6.07) is 6.87. The molecule has 5 heteroatoms. The van der Waals surface area contributed by atoms with E-state index in [1.165, 1.54) is 4.31 Å². The predicted molar refractivity (Wildman–Crippen MR) is 75.4 cm³/mol. The van der Waals surface area contributed by atoms with Crippen molar-refractivity contribution in [3.8, 4) is 0 Å². The quantitative estimate of drug-likeness (QED) is 0.604. The average molecular weight is 266 g/mol. The van der Waals surface area contributed by atoms with Crippen LogP contribution >= 0.6 is 0 Å². The minimum absolute atomic E-state index is 0.0697. The summed E-state index contributed by atoms with van der Waals surface area (Å²) >= 11 is 0. The summed E-state index contributed by atoms with van der Waals surface area (Å²) in [6.07, 6.45) is 3.11. The maximum atomic E-state index is 12.2. The van der Waals surface area contributed by atoms with E-state index in [0.29, 0.717) is 11.3 Å². The lowest BCUT2D eigenvalue weighted by molar-refractivity contribution is 0.473. The van der Waals surface area contributed by atoms with E-state index in [-0.39, 0.29) is 18.8 Å². The summed E-state index contributed by atoms with van der Waals surface area (Å²) in [6.45, 7) is 7.66. The van der Waals surface area contributed by atoms with Gasteiger partial charge in [0, 0.05) is 18.8 Å². The van der Waals surface area contributed by atoms with E-state index in [0.717, 1.165) is 0 Å². The highest BCUT2D eigenvalue weighted by molar-refractivity contribution is 7.88. The topological polar surface area (TPSA) is 63.4 Å². The molecule has 0 amide bonds. The normalized spacial score (nSPS) is 11.4. The van der Waals surface area contributed by atoms with E-state index >= 15 is 0 Å². The average Bonchev–Trinajstić information content (AvgIpc) is 2.28. The van der Waals surface area contributed by atoms with Gasteiger partial charge in [-0.25, -0.2) is 8.42 Å². The van der Waals surface area contributed by atoms with Gasteiger partial charge in [-0.15, -0.1) is 13.2 Å². The van der Waals surface area contributed by atoms with Crippen LogP contribution in [0.3, 0.4) is 0 Å². The second-order valence-corrected chi connectivity index (χ2v) is 5.86. The molecule has 0 saturated heterocycles. The Labute approximate surface area is 108 Å². The minimum atomic E-state index is -3.38. The molecule has 2 N–H and O–H groups in total. The molecule has 1 rings (SSSR count). The number of sulfonamides is 1. The molecule has 0 heterocycles. The number of rotatable bonds is 7. The number of hydrogen-bond acceptors (Lipinski definition) is 3. The summed E-state index contributed by atoms with van der Waals surface area (Å²) < 4.78 is 25.7. The molecule has 0 bridgehead atoms. The van der Waals surface area contributed by atoms with Gasteiger partial charge in [0.15, 0.2) is 0 Å². The van der Waals surface area contributed by atoms with Gasteiger partial charge in [-0.05, 0) is 17.7 Å². The van der Waals surface area contributed by atoms with Crippen molar-refractivity contribution in [3.05, 3.63) is 55.1 Å². The van der Waals surface area contributed by atoms with Crippen LogP contribution in [0.4, 0.5) is 5.69 Å². The summed E-state index contributed by atoms with van der Waals surface area (Å²) in [4.78, 5) is 0. The lowest BCUT2D eigenvalue weighted by atomic mass is 10.2. The molecule has 0 spiro atoms. The highest BCUT2D eigenvalue weighted by Crippen LogP contribution is 2.13. The van der Waals surface area contributed by atoms with Crippen molar-refractivity contribution in [2.24, 2.45) is 0 Å². The Morgan fingerprint density at radius 2 is 1.83 bits per heavy atom. The first kappa shape index (κ1) is 14.5. The lowest BCUT2D eigenvalue weighted by Gasteiger charge is -2.19. The fourth-order valence-corrected chi connectivity index (χ4v) is 3.02. The van der Waals surface area contributed by atoms with E-state index < -0.39 is 10.0 Å². The third-order valence-corrected chi connectivity index (χ3v) is 4.14. The van der Waals surface area contributed by atoms with Gasteiger partial charge in [-0.3, -0.25) is 0 Å². The molecular formula is C13H18N2O2S. The van der Waals surface area contributed by atoms with E-state index in [4.69, 9.17) is 5.73 Å². The van der Waals surface area contributed by atoms with Gasteiger partial charge in [0.1, 0.15) is 0 Å². The van der Waals surface area contributed by atoms with Crippen LogP contribution in [0.5, 0.6) is 0 Å². The van der Waals surface area contributed by atoms with E-state index in [1.54, 1.807) is 36.4 Å². The largest absolute Gasteiger partial charge is 0.399 e. The van der Waals surface area contributed by atoms with Crippen molar-refractivity contribution >= 4 is 15.7 Å². The molecule has 0 aliphatic carbocycles. The summed E-state index contributed by atoms with van der Waals surface area (Å²) in [5.41, 5.74) is 6.86. The number of nitrogen functional groups attached to an aromatic ring is 1. The maximum Gasteiger partial charge on any atom is 0.218 e. The second kappa shape index (κ2) is 6.37. The van der Waals surface area contributed by atoms with Crippen LogP contribution in [0.1, 0.15) is 5.56 Å². The zero-order chi connectivity index (χ0) is 13.6. The summed E-state index contributed by atoms with van der Waals surface area (Å²) in [5, 5.41) is 0. The number of nitrogens with two attached hydrogens (primary N) is 1. The van der Waals surface area contributed by atoms with Gasteiger partial charge in [0.2, 0.25) is 10.0 Å². The molecule has 0 atom stereocenters. The summed E-state index contributed by atoms with van der Waals surface area (Å²) in [5.74, 6) is -0.0697.